The Labute approximate surface area is 136 Å². The van der Waals surface area contributed by atoms with Crippen LogP contribution in [0.15, 0.2) is 53.0 Å². The Morgan fingerprint density at radius 3 is 2.77 bits per heavy atom. The molecule has 0 aliphatic rings. The molecule has 0 saturated heterocycles. The molecule has 22 heavy (non-hydrogen) atoms. The van der Waals surface area contributed by atoms with E-state index in [-0.39, 0.29) is 0 Å². The average molecular weight is 360 g/mol. The lowest BCUT2D eigenvalue weighted by Gasteiger charge is -2.12. The quantitative estimate of drug-likeness (QED) is 0.706. The molecule has 7 heteroatoms. The SMILES string of the molecule is Brc1ccc(OCc2ccccc2)c(CNc2nn[nH]n2)c1. The van der Waals surface area contributed by atoms with E-state index in [0.717, 1.165) is 21.3 Å². The number of anilines is 1. The van der Waals surface area contributed by atoms with Crippen molar-refractivity contribution in [3.63, 3.8) is 0 Å². The highest BCUT2D eigenvalue weighted by molar-refractivity contribution is 9.10. The third-order valence-electron chi connectivity index (χ3n) is 3.04. The second-order valence-electron chi connectivity index (χ2n) is 4.62. The van der Waals surface area contributed by atoms with E-state index in [4.69, 9.17) is 4.74 Å². The van der Waals surface area contributed by atoms with E-state index in [1.807, 2.05) is 48.5 Å². The Morgan fingerprint density at radius 1 is 1.14 bits per heavy atom. The number of benzene rings is 2. The zero-order chi connectivity index (χ0) is 15.2. The molecule has 0 amide bonds. The van der Waals surface area contributed by atoms with Gasteiger partial charge in [-0.2, -0.15) is 5.21 Å². The van der Waals surface area contributed by atoms with Crippen LogP contribution in [-0.4, -0.2) is 20.6 Å². The summed E-state index contributed by atoms with van der Waals surface area (Å²) in [6.07, 6.45) is 0. The van der Waals surface area contributed by atoms with Crippen LogP contribution in [0.5, 0.6) is 5.75 Å². The van der Waals surface area contributed by atoms with E-state index < -0.39 is 0 Å². The number of tetrazole rings is 1. The number of H-pyrrole nitrogens is 1. The lowest BCUT2D eigenvalue weighted by atomic mass is 10.2. The maximum absolute atomic E-state index is 5.92. The highest BCUT2D eigenvalue weighted by atomic mass is 79.9. The normalized spacial score (nSPS) is 10.4. The van der Waals surface area contributed by atoms with Gasteiger partial charge in [0.2, 0.25) is 0 Å². The number of rotatable bonds is 6. The molecule has 2 N–H and O–H groups in total. The Morgan fingerprint density at radius 2 is 2.00 bits per heavy atom. The number of aromatic amines is 1. The van der Waals surface area contributed by atoms with Gasteiger partial charge in [0.1, 0.15) is 12.4 Å². The summed E-state index contributed by atoms with van der Waals surface area (Å²) < 4.78 is 6.91. The summed E-state index contributed by atoms with van der Waals surface area (Å²) in [7, 11) is 0. The van der Waals surface area contributed by atoms with E-state index >= 15 is 0 Å². The lowest BCUT2D eigenvalue weighted by Crippen LogP contribution is -2.05. The zero-order valence-electron chi connectivity index (χ0n) is 11.7. The summed E-state index contributed by atoms with van der Waals surface area (Å²) in [4.78, 5) is 0. The number of hydrogen-bond acceptors (Lipinski definition) is 5. The summed E-state index contributed by atoms with van der Waals surface area (Å²) in [5.74, 6) is 1.28. The monoisotopic (exact) mass is 359 g/mol. The molecule has 3 aromatic rings. The topological polar surface area (TPSA) is 75.7 Å². The van der Waals surface area contributed by atoms with Gasteiger partial charge >= 0.3 is 0 Å². The smallest absolute Gasteiger partial charge is 0.263 e. The van der Waals surface area contributed by atoms with Crippen LogP contribution in [0.1, 0.15) is 11.1 Å². The molecule has 0 aliphatic carbocycles. The summed E-state index contributed by atoms with van der Waals surface area (Å²) in [5, 5.41) is 16.7. The first-order chi connectivity index (χ1) is 10.8. The molecule has 6 nitrogen and oxygen atoms in total. The molecular formula is C15H14BrN5O. The van der Waals surface area contributed by atoms with Crippen molar-refractivity contribution in [3.05, 3.63) is 64.1 Å². The van der Waals surface area contributed by atoms with Crippen LogP contribution in [0.25, 0.3) is 0 Å². The van der Waals surface area contributed by atoms with Crippen molar-refractivity contribution < 1.29 is 4.74 Å². The van der Waals surface area contributed by atoms with Gasteiger partial charge in [0, 0.05) is 16.6 Å². The molecule has 0 atom stereocenters. The highest BCUT2D eigenvalue weighted by Crippen LogP contribution is 2.24. The summed E-state index contributed by atoms with van der Waals surface area (Å²) in [6.45, 7) is 1.07. The fourth-order valence-electron chi connectivity index (χ4n) is 1.97. The minimum atomic E-state index is 0.453. The van der Waals surface area contributed by atoms with Gasteiger partial charge in [-0.15, -0.1) is 5.10 Å². The maximum atomic E-state index is 5.92. The fraction of sp³-hybridized carbons (Fsp3) is 0.133. The number of aromatic nitrogens is 4. The molecule has 0 spiro atoms. The van der Waals surface area contributed by atoms with Gasteiger partial charge in [0.25, 0.3) is 5.95 Å². The van der Waals surface area contributed by atoms with Crippen molar-refractivity contribution in [3.8, 4) is 5.75 Å². The van der Waals surface area contributed by atoms with Crippen LogP contribution in [0.4, 0.5) is 5.95 Å². The van der Waals surface area contributed by atoms with Crippen molar-refractivity contribution >= 4 is 21.9 Å². The molecule has 112 valence electrons. The Hall–Kier alpha value is -2.41. The predicted octanol–water partition coefficient (Wildman–Crippen LogP) is 3.15. The number of nitrogens with one attached hydrogen (secondary N) is 2. The molecule has 0 fully saturated rings. The van der Waals surface area contributed by atoms with E-state index in [1.54, 1.807) is 0 Å². The van der Waals surface area contributed by atoms with Gasteiger partial charge in [-0.3, -0.25) is 0 Å². The molecule has 0 saturated carbocycles. The van der Waals surface area contributed by atoms with Gasteiger partial charge in [-0.1, -0.05) is 51.4 Å². The van der Waals surface area contributed by atoms with Crippen LogP contribution in [0, 0.1) is 0 Å². The zero-order valence-corrected chi connectivity index (χ0v) is 13.2. The second kappa shape index (κ2) is 7.04. The van der Waals surface area contributed by atoms with E-state index in [0.29, 0.717) is 19.1 Å². The molecule has 0 bridgehead atoms. The van der Waals surface area contributed by atoms with Crippen molar-refractivity contribution in [2.24, 2.45) is 0 Å². The van der Waals surface area contributed by atoms with E-state index in [9.17, 15) is 0 Å². The first kappa shape index (κ1) is 14.5. The van der Waals surface area contributed by atoms with Crippen molar-refractivity contribution in [1.29, 1.82) is 0 Å². The highest BCUT2D eigenvalue weighted by Gasteiger charge is 2.07. The van der Waals surface area contributed by atoms with Gasteiger partial charge < -0.3 is 10.1 Å². The van der Waals surface area contributed by atoms with Crippen LogP contribution >= 0.6 is 15.9 Å². The summed E-state index contributed by atoms with van der Waals surface area (Å²) in [6, 6.07) is 16.0. The molecule has 1 aromatic heterocycles. The van der Waals surface area contributed by atoms with Gasteiger partial charge in [0.15, 0.2) is 0 Å². The maximum Gasteiger partial charge on any atom is 0.263 e. The number of ether oxygens (including phenoxy) is 1. The third-order valence-corrected chi connectivity index (χ3v) is 3.54. The number of nitrogens with zero attached hydrogens (tertiary/aromatic N) is 3. The fourth-order valence-corrected chi connectivity index (χ4v) is 2.38. The van der Waals surface area contributed by atoms with Crippen LogP contribution in [-0.2, 0) is 13.2 Å². The lowest BCUT2D eigenvalue weighted by molar-refractivity contribution is 0.303. The van der Waals surface area contributed by atoms with Crippen molar-refractivity contribution in [2.45, 2.75) is 13.2 Å². The molecular weight excluding hydrogens is 346 g/mol. The molecule has 0 aliphatic heterocycles. The molecule has 0 radical (unpaired) electrons. The Kier molecular flexibility index (Phi) is 4.65. The van der Waals surface area contributed by atoms with Crippen LogP contribution in [0.2, 0.25) is 0 Å². The van der Waals surface area contributed by atoms with Crippen molar-refractivity contribution in [1.82, 2.24) is 20.6 Å². The predicted molar refractivity (Wildman–Crippen MR) is 86.4 cm³/mol. The van der Waals surface area contributed by atoms with Gasteiger partial charge in [0.05, 0.1) is 0 Å². The third kappa shape index (κ3) is 3.82. The minimum absolute atomic E-state index is 0.453. The molecule has 0 unspecified atom stereocenters. The number of hydrogen-bond donors (Lipinski definition) is 2. The molecule has 1 heterocycles. The largest absolute Gasteiger partial charge is 0.489 e. The molecule has 3 rings (SSSR count). The van der Waals surface area contributed by atoms with E-state index in [2.05, 4.69) is 41.9 Å². The van der Waals surface area contributed by atoms with Crippen LogP contribution < -0.4 is 10.1 Å². The standard InChI is InChI=1S/C15H14BrN5O/c16-13-6-7-14(22-10-11-4-2-1-3-5-11)12(8-13)9-17-15-18-20-21-19-15/h1-8H,9-10H2,(H2,17,18,19,20,21). The Balaban J connectivity index is 1.70. The summed E-state index contributed by atoms with van der Waals surface area (Å²) >= 11 is 3.48. The van der Waals surface area contributed by atoms with E-state index in [1.165, 1.54) is 0 Å². The number of halogens is 1. The first-order valence-corrected chi connectivity index (χ1v) is 7.53. The molecule has 2 aromatic carbocycles. The first-order valence-electron chi connectivity index (χ1n) is 6.74. The summed E-state index contributed by atoms with van der Waals surface area (Å²) in [5.41, 5.74) is 2.14. The van der Waals surface area contributed by atoms with Crippen molar-refractivity contribution in [2.75, 3.05) is 5.32 Å². The average Bonchev–Trinajstić information content (AvgIpc) is 3.06. The van der Waals surface area contributed by atoms with Gasteiger partial charge in [-0.25, -0.2) is 0 Å². The minimum Gasteiger partial charge on any atom is -0.489 e. The second-order valence-corrected chi connectivity index (χ2v) is 5.53. The van der Waals surface area contributed by atoms with Crippen LogP contribution in [0.3, 0.4) is 0 Å². The Bertz CT molecular complexity index is 718. The van der Waals surface area contributed by atoms with Gasteiger partial charge in [-0.05, 0) is 29.0 Å².